The summed E-state index contributed by atoms with van der Waals surface area (Å²) in [6, 6.07) is -10.6. The molecule has 0 saturated heterocycles. The fourth-order valence-electron chi connectivity index (χ4n) is 20.7. The number of furan rings is 1. The van der Waals surface area contributed by atoms with Crippen molar-refractivity contribution >= 4 is 169 Å². The molecule has 0 amide bonds. The number of hydrogen-bond donors (Lipinski definition) is 0. The smallest absolute Gasteiger partial charge is 0.257 e. The van der Waals surface area contributed by atoms with E-state index in [0.717, 1.165) is 24.2 Å². The molecule has 2 saturated carbocycles. The lowest BCUT2D eigenvalue weighted by molar-refractivity contribution is 0.195. The predicted octanol–water partition coefficient (Wildman–Crippen LogP) is 28.8. The Kier molecular flexibility index (Phi) is 11.2. The Hall–Kier alpha value is -10.9. The highest BCUT2D eigenvalue weighted by Crippen LogP contribution is 2.65. The molecule has 2 aromatic heterocycles. The van der Waals surface area contributed by atoms with Gasteiger partial charge in [-0.1, -0.05) is 303 Å². The van der Waals surface area contributed by atoms with E-state index in [1.165, 1.54) is 19.6 Å². The van der Waals surface area contributed by atoms with E-state index >= 15 is 0 Å². The van der Waals surface area contributed by atoms with Gasteiger partial charge in [0.05, 0.1) is 68.2 Å². The Bertz CT molecular complexity index is 8570. The van der Waals surface area contributed by atoms with Gasteiger partial charge in [-0.2, -0.15) is 0 Å². The van der Waals surface area contributed by atoms with Crippen LogP contribution in [-0.2, 0) is 43.3 Å². The average molecular weight is 1710 g/mol. The van der Waals surface area contributed by atoms with Crippen LogP contribution in [0.25, 0.3) is 21.1 Å². The highest BCUT2D eigenvalue weighted by atomic mass is 32.1. The van der Waals surface area contributed by atoms with E-state index in [2.05, 4.69) is 0 Å². The van der Waals surface area contributed by atoms with Crippen LogP contribution in [0.2, 0.25) is 0 Å². The fraction of sp³-hybridized carbons (Fsp3) is 0.345. The van der Waals surface area contributed by atoms with Crippen molar-refractivity contribution in [2.75, 3.05) is 29.4 Å². The monoisotopic (exact) mass is 1710 g/mol. The summed E-state index contributed by atoms with van der Waals surface area (Å²) in [5.74, 6) is -0.283. The Morgan fingerprint density at radius 3 is 1.10 bits per heavy atom. The van der Waals surface area contributed by atoms with Crippen LogP contribution in [0.1, 0.15) is 300 Å². The second kappa shape index (κ2) is 28.3. The lowest BCUT2D eigenvalue weighted by Gasteiger charge is -2.51. The number of nitrogens with zero attached hydrogens (tertiary/aromatic N) is 6. The summed E-state index contributed by atoms with van der Waals surface area (Å²) in [7, 11) is 0. The average Bonchev–Trinajstić information content (AvgIpc) is 1.44. The number of para-hydroxylation sites is 4. The molecule has 12 aromatic carbocycles. The quantitative estimate of drug-likeness (QED) is 0.153. The van der Waals surface area contributed by atoms with Gasteiger partial charge in [-0.05, 0) is 264 Å². The molecular weight excluding hydrogens is 1550 g/mol. The van der Waals surface area contributed by atoms with Crippen molar-refractivity contribution in [2.24, 2.45) is 0 Å². The maximum Gasteiger partial charge on any atom is 0.257 e. The highest BCUT2D eigenvalue weighted by molar-refractivity contribution is 7.26. The van der Waals surface area contributed by atoms with Crippen molar-refractivity contribution in [2.45, 2.75) is 258 Å². The van der Waals surface area contributed by atoms with E-state index in [4.69, 9.17) is 18.1 Å². The van der Waals surface area contributed by atoms with E-state index < -0.39 is 206 Å². The lowest BCUT2D eigenvalue weighted by Crippen LogP contribution is -2.61. The third kappa shape index (κ3) is 12.4. The van der Waals surface area contributed by atoms with Crippen LogP contribution in [0.3, 0.4) is 0 Å². The molecule has 6 aliphatic heterocycles. The van der Waals surface area contributed by atoms with Crippen LogP contribution in [0.15, 0.2) is 258 Å². The zero-order chi connectivity index (χ0) is 121. The van der Waals surface area contributed by atoms with Crippen LogP contribution in [0.5, 0.6) is 0 Å². The van der Waals surface area contributed by atoms with Crippen molar-refractivity contribution in [3.8, 4) is 0 Å². The van der Waals surface area contributed by atoms with Crippen LogP contribution in [0.4, 0.5) is 90.5 Å². The number of anilines is 16. The normalized spacial score (nSPS) is 24.6. The van der Waals surface area contributed by atoms with Crippen molar-refractivity contribution in [1.82, 2.24) is 0 Å². The Morgan fingerprint density at radius 2 is 0.659 bits per heavy atom. The maximum atomic E-state index is 10.5. The summed E-state index contributed by atoms with van der Waals surface area (Å²) in [5, 5.41) is 0.253. The lowest BCUT2D eigenvalue weighted by atomic mass is 9.33. The first-order valence-corrected chi connectivity index (χ1v) is 44.6. The zero-order valence-corrected chi connectivity index (χ0v) is 76.4. The molecular formula is C116H124B2N6OS. The molecule has 0 N–H and O–H groups in total. The van der Waals surface area contributed by atoms with E-state index in [1.54, 1.807) is 128 Å². The second-order valence-electron chi connectivity index (χ2n) is 42.2. The van der Waals surface area contributed by atoms with Crippen molar-refractivity contribution < 1.29 is 56.5 Å². The third-order valence-corrected chi connectivity index (χ3v) is 29.0. The molecule has 22 rings (SSSR count). The van der Waals surface area contributed by atoms with Crippen LogP contribution in [-0.4, -0.2) is 24.5 Å². The van der Waals surface area contributed by atoms with E-state index in [0.29, 0.717) is 49.7 Å². The molecule has 2 fully saturated rings. The minimum absolute atomic E-state index is 0.00596. The molecule has 2 aliphatic carbocycles. The van der Waals surface area contributed by atoms with Gasteiger partial charge in [0.2, 0.25) is 5.88 Å². The first-order valence-electron chi connectivity index (χ1n) is 62.8. The molecule has 636 valence electrons. The van der Waals surface area contributed by atoms with Gasteiger partial charge in [0.25, 0.3) is 13.4 Å². The van der Waals surface area contributed by atoms with Gasteiger partial charge < -0.3 is 28.9 Å². The summed E-state index contributed by atoms with van der Waals surface area (Å²) in [4.78, 5) is 9.30. The molecule has 0 spiro atoms. The largest absolute Gasteiger partial charge is 0.440 e. The van der Waals surface area contributed by atoms with Gasteiger partial charge in [0.1, 0.15) is 5.58 Å². The summed E-state index contributed by atoms with van der Waals surface area (Å²) in [6.45, 7) is 37.3. The minimum Gasteiger partial charge on any atom is -0.440 e. The molecule has 4 atom stereocenters. The SMILES string of the molecule is [2H]c1c([2H])c([2H])c(N2c3cc(N4c5c([2H])c([2H])c([2H])c([2H])c5C5(C)CCCCC45C)cc4c3B(c3c([2H])c([2H])c(C(C)(C)C)c([2H])c3N4c3c([2H])c([2H])c(C(C)(C)C)c([2H])c3[2H])c3c2oc2c([2H])c([2H])c(C(C)(C)C)c([2H])c32)c([2H])c1[2H].[2H]c1c([2H])c([2H])c(N2c3cc(N4c5c([2H])c([2H])c([2H])c([2H])c5C5(C)CCCCC45C)cc4c3B(c3c([2H])c([2H])c(C(C)(C)C)c([2H])c3N4c3c([2H])c([2H])c(C(C)(C)C)c([2H])c3[2H])c3c2sc2c([2H])c([2H])c(C(C)(C)C)c([2H])c32)c([2H])c1[2H]. The molecule has 0 bridgehead atoms. The van der Waals surface area contributed by atoms with Gasteiger partial charge >= 0.3 is 0 Å². The van der Waals surface area contributed by atoms with Crippen molar-refractivity contribution in [1.29, 1.82) is 0 Å². The van der Waals surface area contributed by atoms with Gasteiger partial charge in [-0.3, -0.25) is 4.90 Å². The van der Waals surface area contributed by atoms with Crippen LogP contribution >= 0.6 is 11.3 Å². The molecule has 4 unspecified atom stereocenters. The molecule has 126 heavy (non-hydrogen) atoms. The minimum atomic E-state index is -1.42. The van der Waals surface area contributed by atoms with Gasteiger partial charge in [0.15, 0.2) is 0 Å². The summed E-state index contributed by atoms with van der Waals surface area (Å²) >= 11 is 0.951. The third-order valence-electron chi connectivity index (χ3n) is 27.9. The Labute approximate surface area is 808 Å². The van der Waals surface area contributed by atoms with E-state index in [1.807, 2.05) is 58.3 Å². The molecule has 0 radical (unpaired) electrons. The zero-order valence-electron chi connectivity index (χ0n) is 114. The molecule has 14 aromatic rings. The maximum absolute atomic E-state index is 10.5. The number of benzene rings is 12. The van der Waals surface area contributed by atoms with Gasteiger partial charge in [-0.25, -0.2) is 0 Å². The Balaban J connectivity index is 0.000000188. The van der Waals surface area contributed by atoms with E-state index in [-0.39, 0.29) is 269 Å². The number of hydrogen-bond acceptors (Lipinski definition) is 8. The molecule has 7 nitrogen and oxygen atoms in total. The summed E-state index contributed by atoms with van der Waals surface area (Å²) in [6.07, 6.45) is 4.79. The second-order valence-corrected chi connectivity index (χ2v) is 43.2. The fourth-order valence-corrected chi connectivity index (χ4v) is 21.9. The van der Waals surface area contributed by atoms with E-state index in [9.17, 15) is 38.4 Å². The standard InChI is InChI=1S/C58H62BN3O.C58H62BN3S/c2*1-54(2,3)37-23-27-41(28-24-37)60-47-34-39(56(7,8)9)25-29-45(47)59-51-43-33-38(55(4,5)6)26-30-50(43)63-53(51)61(40-19-13-12-14-20-40)49-36-42(35-48(60)52(49)59)62-46-22-16-15-21-44(46)57(10)31-17-18-32-58(57,62)11/h2*12-16,19-30,33-36H,17-18,31-32H2,1-11H3/i2*12D,13D,14D,15D,16D,19D,20D,21D,22D,23D,24D,25D,26D,27D,28D,29D,30D,33D,34D. The van der Waals surface area contributed by atoms with Crippen LogP contribution in [0, 0.1) is 0 Å². The first-order chi connectivity index (χ1) is 75.6. The highest BCUT2D eigenvalue weighted by Gasteiger charge is 2.61. The van der Waals surface area contributed by atoms with Crippen molar-refractivity contribution in [3.05, 3.63) is 298 Å². The molecule has 10 heteroatoms. The van der Waals surface area contributed by atoms with Crippen molar-refractivity contribution in [3.63, 3.8) is 0 Å². The van der Waals surface area contributed by atoms with Gasteiger partial charge in [0, 0.05) is 106 Å². The topological polar surface area (TPSA) is 32.6 Å². The summed E-state index contributed by atoms with van der Waals surface area (Å²) < 4.78 is 374. The van der Waals surface area contributed by atoms with Gasteiger partial charge in [-0.15, -0.1) is 11.3 Å². The summed E-state index contributed by atoms with van der Waals surface area (Å²) in [5.41, 5.74) is -8.78. The predicted molar refractivity (Wildman–Crippen MR) is 544 cm³/mol. The van der Waals surface area contributed by atoms with Crippen LogP contribution < -0.4 is 62.2 Å². The number of thiophene rings is 1. The number of rotatable bonds is 6. The molecule has 8 aliphatic rings. The number of fused-ring (bicyclic) bond motifs is 18. The Morgan fingerprint density at radius 1 is 0.310 bits per heavy atom. The first kappa shape index (κ1) is 50.0. The molecule has 8 heterocycles.